The average Bonchev–Trinajstić information content (AvgIpc) is 2.61. The van der Waals surface area contributed by atoms with Crippen LogP contribution in [-0.4, -0.2) is 36.8 Å². The molecule has 156 valence electrons. The molecule has 0 bridgehead atoms. The smallest absolute Gasteiger partial charge is 0.402 e. The molecular formula is C16H9F2I3O7S. The molecule has 0 amide bonds. The fraction of sp³-hybridized carbons (Fsp3) is 0.125. The molecule has 2 aromatic carbocycles. The van der Waals surface area contributed by atoms with Crippen LogP contribution in [0.15, 0.2) is 36.4 Å². The Morgan fingerprint density at radius 3 is 1.86 bits per heavy atom. The van der Waals surface area contributed by atoms with Gasteiger partial charge in [0.2, 0.25) is 0 Å². The van der Waals surface area contributed by atoms with E-state index < -0.39 is 33.9 Å². The fourth-order valence-electron chi connectivity index (χ4n) is 1.83. The van der Waals surface area contributed by atoms with Crippen molar-refractivity contribution >= 4 is 89.8 Å². The summed E-state index contributed by atoms with van der Waals surface area (Å²) in [4.78, 5) is 24.1. The minimum atomic E-state index is -5.71. The molecular weight excluding hydrogens is 755 g/mol. The molecule has 0 saturated carbocycles. The van der Waals surface area contributed by atoms with Gasteiger partial charge in [0.1, 0.15) is 0 Å². The third-order valence-corrected chi connectivity index (χ3v) is 6.36. The van der Waals surface area contributed by atoms with Gasteiger partial charge in [0.05, 0.1) is 18.3 Å². The van der Waals surface area contributed by atoms with E-state index in [4.69, 9.17) is 9.29 Å². The lowest BCUT2D eigenvalue weighted by atomic mass is 10.1. The van der Waals surface area contributed by atoms with Crippen LogP contribution >= 0.6 is 67.8 Å². The number of hydrogen-bond donors (Lipinski definition) is 1. The van der Waals surface area contributed by atoms with E-state index in [0.29, 0.717) is 5.75 Å². The van der Waals surface area contributed by atoms with Crippen LogP contribution in [0.1, 0.15) is 20.7 Å². The molecule has 0 aromatic heterocycles. The quantitative estimate of drug-likeness (QED) is 0.202. The summed E-state index contributed by atoms with van der Waals surface area (Å²) < 4.78 is 67.6. The molecule has 2 aromatic rings. The van der Waals surface area contributed by atoms with E-state index in [0.717, 1.165) is 22.8 Å². The molecule has 0 fully saturated rings. The molecule has 1 N–H and O–H groups in total. The molecule has 7 nitrogen and oxygen atoms in total. The Kier molecular flexibility index (Phi) is 8.19. The second-order valence-corrected chi connectivity index (χ2v) is 10.5. The molecule has 0 aliphatic carbocycles. The van der Waals surface area contributed by atoms with Gasteiger partial charge in [-0.3, -0.25) is 4.55 Å². The lowest BCUT2D eigenvalue weighted by Gasteiger charge is -2.13. The number of benzene rings is 2. The Balaban J connectivity index is 2.08. The summed E-state index contributed by atoms with van der Waals surface area (Å²) in [6.45, 7) is -1.85. The van der Waals surface area contributed by atoms with Crippen LogP contribution in [0.4, 0.5) is 8.78 Å². The third-order valence-electron chi connectivity index (χ3n) is 3.26. The van der Waals surface area contributed by atoms with Gasteiger partial charge in [0.25, 0.3) is 0 Å². The van der Waals surface area contributed by atoms with Gasteiger partial charge < -0.3 is 9.47 Å². The van der Waals surface area contributed by atoms with Crippen molar-refractivity contribution in [2.24, 2.45) is 0 Å². The number of hydrogen-bond acceptors (Lipinski definition) is 6. The first kappa shape index (κ1) is 24.6. The molecule has 0 spiro atoms. The van der Waals surface area contributed by atoms with E-state index >= 15 is 0 Å². The monoisotopic (exact) mass is 764 g/mol. The zero-order valence-corrected chi connectivity index (χ0v) is 21.2. The van der Waals surface area contributed by atoms with E-state index in [-0.39, 0.29) is 11.1 Å². The van der Waals surface area contributed by atoms with Crippen LogP contribution in [0.2, 0.25) is 0 Å². The summed E-state index contributed by atoms with van der Waals surface area (Å²) in [5.41, 5.74) is -0.110. The number of rotatable bonds is 6. The zero-order chi connectivity index (χ0) is 22.0. The van der Waals surface area contributed by atoms with E-state index in [1.54, 1.807) is 0 Å². The molecule has 13 heteroatoms. The van der Waals surface area contributed by atoms with Gasteiger partial charge in [-0.2, -0.15) is 17.2 Å². The van der Waals surface area contributed by atoms with Crippen molar-refractivity contribution in [3.05, 3.63) is 58.2 Å². The lowest BCUT2D eigenvalue weighted by molar-refractivity contribution is -0.00951. The van der Waals surface area contributed by atoms with Gasteiger partial charge in [-0.15, -0.1) is 0 Å². The summed E-state index contributed by atoms with van der Waals surface area (Å²) >= 11 is 6.19. The predicted molar refractivity (Wildman–Crippen MR) is 123 cm³/mol. The number of esters is 2. The molecule has 0 unspecified atom stereocenters. The molecule has 0 radical (unpaired) electrons. The largest absolute Gasteiger partial charge is 0.454 e. The minimum Gasteiger partial charge on any atom is -0.454 e. The van der Waals surface area contributed by atoms with Crippen LogP contribution in [0.3, 0.4) is 0 Å². The third kappa shape index (κ3) is 6.41. The van der Waals surface area contributed by atoms with Crippen LogP contribution in [-0.2, 0) is 14.9 Å². The maximum Gasteiger partial charge on any atom is 0.402 e. The predicted octanol–water partition coefficient (Wildman–Crippen LogP) is 4.36. The number of carbonyl (C=O) groups excluding carboxylic acids is 2. The van der Waals surface area contributed by atoms with Crippen molar-refractivity contribution in [3.8, 4) is 5.75 Å². The topological polar surface area (TPSA) is 107 Å². The SMILES string of the molecule is O=C(OCC(F)(F)S(=O)(=O)O)c1ccc(C(=O)Oc2c(I)cc(I)cc2I)cc1. The number of halogens is 5. The Morgan fingerprint density at radius 1 is 0.966 bits per heavy atom. The van der Waals surface area contributed by atoms with E-state index in [1.165, 1.54) is 12.1 Å². The highest BCUT2D eigenvalue weighted by Crippen LogP contribution is 2.30. The summed E-state index contributed by atoms with van der Waals surface area (Å²) in [6.07, 6.45) is 0. The van der Waals surface area contributed by atoms with Crippen LogP contribution < -0.4 is 4.74 Å². The van der Waals surface area contributed by atoms with Crippen LogP contribution in [0.25, 0.3) is 0 Å². The molecule has 0 saturated heterocycles. The first-order valence-electron chi connectivity index (χ1n) is 7.30. The highest BCUT2D eigenvalue weighted by molar-refractivity contribution is 14.1. The summed E-state index contributed by atoms with van der Waals surface area (Å²) in [5.74, 6) is -1.57. The zero-order valence-electron chi connectivity index (χ0n) is 13.9. The summed E-state index contributed by atoms with van der Waals surface area (Å²) in [5, 5.41) is -4.63. The molecule has 0 aliphatic heterocycles. The number of alkyl halides is 2. The van der Waals surface area contributed by atoms with E-state index in [2.05, 4.69) is 27.3 Å². The first-order chi connectivity index (χ1) is 13.3. The molecule has 2 rings (SSSR count). The van der Waals surface area contributed by atoms with Crippen molar-refractivity contribution in [1.82, 2.24) is 0 Å². The highest BCUT2D eigenvalue weighted by Gasteiger charge is 2.45. The van der Waals surface area contributed by atoms with E-state index in [1.807, 2.05) is 57.3 Å². The second-order valence-electron chi connectivity index (χ2n) is 5.35. The summed E-state index contributed by atoms with van der Waals surface area (Å²) in [6, 6.07) is 8.38. The average molecular weight is 764 g/mol. The minimum absolute atomic E-state index is 0.0926. The van der Waals surface area contributed by atoms with Crippen molar-refractivity contribution in [2.75, 3.05) is 6.61 Å². The van der Waals surface area contributed by atoms with Crippen molar-refractivity contribution in [2.45, 2.75) is 5.25 Å². The van der Waals surface area contributed by atoms with Crippen molar-refractivity contribution in [1.29, 1.82) is 0 Å². The Labute approximate surface area is 204 Å². The highest BCUT2D eigenvalue weighted by atomic mass is 127. The Bertz CT molecular complexity index is 1030. The Hall–Kier alpha value is -0.660. The van der Waals surface area contributed by atoms with Gasteiger partial charge >= 0.3 is 27.3 Å². The Morgan fingerprint density at radius 2 is 1.41 bits per heavy atom. The maximum atomic E-state index is 13.1. The number of carbonyl (C=O) groups is 2. The van der Waals surface area contributed by atoms with Gasteiger partial charge in [-0.05, 0) is 104 Å². The molecule has 0 heterocycles. The first-order valence-corrected chi connectivity index (χ1v) is 12.0. The molecule has 0 aliphatic rings. The second kappa shape index (κ2) is 9.65. The normalized spacial score (nSPS) is 11.8. The lowest BCUT2D eigenvalue weighted by Crippen LogP contribution is -2.34. The van der Waals surface area contributed by atoms with Crippen molar-refractivity contribution in [3.63, 3.8) is 0 Å². The molecule has 29 heavy (non-hydrogen) atoms. The molecule has 0 atom stereocenters. The van der Waals surface area contributed by atoms with Gasteiger partial charge in [0.15, 0.2) is 12.4 Å². The van der Waals surface area contributed by atoms with Gasteiger partial charge in [0, 0.05) is 3.57 Å². The van der Waals surface area contributed by atoms with Gasteiger partial charge in [-0.1, -0.05) is 0 Å². The standard InChI is InChI=1S/C16H9F2I3O7S/c17-16(18,29(24,25)26)7-27-14(22)8-1-3-9(4-2-8)15(23)28-13-11(20)5-10(19)6-12(13)21/h1-6H,7H2,(H,24,25,26). The summed E-state index contributed by atoms with van der Waals surface area (Å²) in [7, 11) is -5.71. The van der Waals surface area contributed by atoms with E-state index in [9.17, 15) is 26.8 Å². The number of ether oxygens (including phenoxy) is 2. The fourth-order valence-corrected chi connectivity index (χ4v) is 5.84. The van der Waals surface area contributed by atoms with Gasteiger partial charge in [-0.25, -0.2) is 9.59 Å². The maximum absolute atomic E-state index is 13.1. The van der Waals surface area contributed by atoms with Crippen LogP contribution in [0.5, 0.6) is 5.75 Å². The van der Waals surface area contributed by atoms with Crippen molar-refractivity contribution < 1.29 is 40.8 Å². The van der Waals surface area contributed by atoms with Crippen LogP contribution in [0, 0.1) is 10.7 Å².